The van der Waals surface area contributed by atoms with E-state index in [1.54, 1.807) is 7.11 Å². The van der Waals surface area contributed by atoms with Crippen molar-refractivity contribution in [2.45, 2.75) is 20.3 Å². The molecule has 90 valence electrons. The normalized spacial score (nSPS) is 12.2. The summed E-state index contributed by atoms with van der Waals surface area (Å²) in [5.41, 5.74) is 7.83. The summed E-state index contributed by atoms with van der Waals surface area (Å²) >= 11 is 0. The fourth-order valence-electron chi connectivity index (χ4n) is 1.70. The quantitative estimate of drug-likeness (QED) is 0.778. The van der Waals surface area contributed by atoms with Crippen molar-refractivity contribution in [3.05, 3.63) is 18.2 Å². The molecule has 2 N–H and O–H groups in total. The number of benzene rings is 1. The largest absolute Gasteiger partial charge is 0.497 e. The Balaban J connectivity index is 2.79. The van der Waals surface area contributed by atoms with E-state index in [1.165, 1.54) is 6.42 Å². The Morgan fingerprint density at radius 1 is 1.44 bits per heavy atom. The van der Waals surface area contributed by atoms with Gasteiger partial charge in [-0.1, -0.05) is 20.3 Å². The number of hydrogen-bond acceptors (Lipinski definition) is 3. The third-order valence-corrected chi connectivity index (χ3v) is 2.93. The van der Waals surface area contributed by atoms with Crippen molar-refractivity contribution >= 4 is 11.4 Å². The molecule has 0 amide bonds. The molecule has 0 heterocycles. The van der Waals surface area contributed by atoms with Crippen LogP contribution in [0.25, 0.3) is 0 Å². The standard InChI is InChI=1S/C13H22N2O/c1-5-10(2)9-15(3)13-7-6-11(16-4)8-12(13)14/h6-8,10H,5,9,14H2,1-4H3. The van der Waals surface area contributed by atoms with E-state index in [9.17, 15) is 0 Å². The lowest BCUT2D eigenvalue weighted by atomic mass is 10.1. The minimum atomic E-state index is 0.673. The summed E-state index contributed by atoms with van der Waals surface area (Å²) in [5, 5.41) is 0. The zero-order valence-corrected chi connectivity index (χ0v) is 10.7. The van der Waals surface area contributed by atoms with E-state index in [2.05, 4.69) is 25.8 Å². The summed E-state index contributed by atoms with van der Waals surface area (Å²) in [6, 6.07) is 5.82. The Hall–Kier alpha value is -1.38. The molecule has 0 radical (unpaired) electrons. The number of hydrogen-bond donors (Lipinski definition) is 1. The maximum Gasteiger partial charge on any atom is 0.121 e. The molecule has 16 heavy (non-hydrogen) atoms. The summed E-state index contributed by atoms with van der Waals surface area (Å²) in [4.78, 5) is 2.20. The number of nitrogens with two attached hydrogens (primary N) is 1. The van der Waals surface area contributed by atoms with Gasteiger partial charge in [0.25, 0.3) is 0 Å². The highest BCUT2D eigenvalue weighted by molar-refractivity contribution is 5.69. The Morgan fingerprint density at radius 3 is 2.62 bits per heavy atom. The lowest BCUT2D eigenvalue weighted by Crippen LogP contribution is -2.24. The van der Waals surface area contributed by atoms with Crippen LogP contribution in [0.2, 0.25) is 0 Å². The molecule has 0 aliphatic heterocycles. The number of nitrogen functional groups attached to an aromatic ring is 1. The van der Waals surface area contributed by atoms with E-state index < -0.39 is 0 Å². The zero-order chi connectivity index (χ0) is 12.1. The monoisotopic (exact) mass is 222 g/mol. The van der Waals surface area contributed by atoms with E-state index >= 15 is 0 Å². The molecular weight excluding hydrogens is 200 g/mol. The summed E-state index contributed by atoms with van der Waals surface area (Å²) in [6.07, 6.45) is 1.18. The predicted molar refractivity (Wildman–Crippen MR) is 70.1 cm³/mol. The van der Waals surface area contributed by atoms with Crippen molar-refractivity contribution in [1.82, 2.24) is 0 Å². The molecule has 1 aromatic rings. The van der Waals surface area contributed by atoms with Crippen LogP contribution >= 0.6 is 0 Å². The molecule has 0 saturated carbocycles. The topological polar surface area (TPSA) is 38.5 Å². The Bertz CT molecular complexity index is 339. The third-order valence-electron chi connectivity index (χ3n) is 2.93. The number of anilines is 2. The van der Waals surface area contributed by atoms with E-state index in [4.69, 9.17) is 10.5 Å². The summed E-state index contributed by atoms with van der Waals surface area (Å²) in [7, 11) is 3.72. The van der Waals surface area contributed by atoms with Gasteiger partial charge in [-0.3, -0.25) is 0 Å². The molecular formula is C13H22N2O. The molecule has 0 spiro atoms. The first-order valence-corrected chi connectivity index (χ1v) is 5.73. The molecule has 0 aliphatic rings. The van der Waals surface area contributed by atoms with Gasteiger partial charge >= 0.3 is 0 Å². The molecule has 0 bridgehead atoms. The highest BCUT2D eigenvalue weighted by atomic mass is 16.5. The van der Waals surface area contributed by atoms with Crippen molar-refractivity contribution in [3.63, 3.8) is 0 Å². The molecule has 0 aromatic heterocycles. The van der Waals surface area contributed by atoms with E-state index in [0.29, 0.717) is 5.92 Å². The molecule has 1 rings (SSSR count). The van der Waals surface area contributed by atoms with Crippen LogP contribution in [0.4, 0.5) is 11.4 Å². The first-order chi connectivity index (χ1) is 7.58. The SMILES string of the molecule is CCC(C)CN(C)c1ccc(OC)cc1N. The minimum absolute atomic E-state index is 0.673. The van der Waals surface area contributed by atoms with Gasteiger partial charge in [-0.25, -0.2) is 0 Å². The van der Waals surface area contributed by atoms with Crippen molar-refractivity contribution in [2.24, 2.45) is 5.92 Å². The van der Waals surface area contributed by atoms with Crippen molar-refractivity contribution in [3.8, 4) is 5.75 Å². The summed E-state index contributed by atoms with van der Waals surface area (Å²) in [5.74, 6) is 1.48. The van der Waals surface area contributed by atoms with Gasteiger partial charge in [0.05, 0.1) is 18.5 Å². The van der Waals surface area contributed by atoms with Crippen LogP contribution in [0, 0.1) is 5.92 Å². The molecule has 0 aliphatic carbocycles. The van der Waals surface area contributed by atoms with Gasteiger partial charge in [-0.05, 0) is 18.1 Å². The smallest absolute Gasteiger partial charge is 0.121 e. The van der Waals surface area contributed by atoms with Crippen LogP contribution < -0.4 is 15.4 Å². The van der Waals surface area contributed by atoms with Crippen molar-refractivity contribution in [1.29, 1.82) is 0 Å². The Morgan fingerprint density at radius 2 is 2.12 bits per heavy atom. The highest BCUT2D eigenvalue weighted by Gasteiger charge is 2.09. The van der Waals surface area contributed by atoms with Crippen LogP contribution in [-0.2, 0) is 0 Å². The van der Waals surface area contributed by atoms with Gasteiger partial charge in [0.1, 0.15) is 5.75 Å². The average molecular weight is 222 g/mol. The molecule has 1 aromatic carbocycles. The van der Waals surface area contributed by atoms with E-state index in [0.717, 1.165) is 23.7 Å². The third kappa shape index (κ3) is 3.05. The fourth-order valence-corrected chi connectivity index (χ4v) is 1.70. The second-order valence-electron chi connectivity index (χ2n) is 4.32. The van der Waals surface area contributed by atoms with Crippen LogP contribution in [0.3, 0.4) is 0 Å². The van der Waals surface area contributed by atoms with E-state index in [1.807, 2.05) is 18.2 Å². The molecule has 1 atom stereocenters. The van der Waals surface area contributed by atoms with Gasteiger partial charge in [-0.15, -0.1) is 0 Å². The molecule has 0 fully saturated rings. The maximum atomic E-state index is 5.99. The van der Waals surface area contributed by atoms with Crippen LogP contribution in [0.5, 0.6) is 5.75 Å². The van der Waals surface area contributed by atoms with E-state index in [-0.39, 0.29) is 0 Å². The van der Waals surface area contributed by atoms with Gasteiger partial charge in [0.15, 0.2) is 0 Å². The first kappa shape index (κ1) is 12.7. The van der Waals surface area contributed by atoms with Gasteiger partial charge in [0, 0.05) is 19.7 Å². The van der Waals surface area contributed by atoms with Gasteiger partial charge < -0.3 is 15.4 Å². The molecule has 0 saturated heterocycles. The minimum Gasteiger partial charge on any atom is -0.497 e. The predicted octanol–water partition coefficient (Wildman–Crippen LogP) is 2.76. The Labute approximate surface area is 98.2 Å². The van der Waals surface area contributed by atoms with Crippen molar-refractivity contribution < 1.29 is 4.74 Å². The van der Waals surface area contributed by atoms with Crippen LogP contribution in [-0.4, -0.2) is 20.7 Å². The zero-order valence-electron chi connectivity index (χ0n) is 10.7. The number of methoxy groups -OCH3 is 1. The second kappa shape index (κ2) is 5.64. The summed E-state index contributed by atoms with van der Waals surface area (Å²) in [6.45, 7) is 5.47. The number of nitrogens with zero attached hydrogens (tertiary/aromatic N) is 1. The van der Waals surface area contributed by atoms with Gasteiger partial charge in [-0.2, -0.15) is 0 Å². The average Bonchev–Trinajstić information content (AvgIpc) is 2.28. The fraction of sp³-hybridized carbons (Fsp3) is 0.538. The second-order valence-corrected chi connectivity index (χ2v) is 4.32. The molecule has 3 nitrogen and oxygen atoms in total. The molecule has 1 unspecified atom stereocenters. The first-order valence-electron chi connectivity index (χ1n) is 5.73. The lowest BCUT2D eigenvalue weighted by molar-refractivity contribution is 0.415. The number of ether oxygens (including phenoxy) is 1. The lowest BCUT2D eigenvalue weighted by Gasteiger charge is -2.24. The Kier molecular flexibility index (Phi) is 4.47. The highest BCUT2D eigenvalue weighted by Crippen LogP contribution is 2.27. The maximum absolute atomic E-state index is 5.99. The molecule has 3 heteroatoms. The van der Waals surface area contributed by atoms with Gasteiger partial charge in [0.2, 0.25) is 0 Å². The van der Waals surface area contributed by atoms with Crippen molar-refractivity contribution in [2.75, 3.05) is 31.3 Å². The number of rotatable bonds is 5. The summed E-state index contributed by atoms with van der Waals surface area (Å²) < 4.78 is 5.13. The van der Waals surface area contributed by atoms with Crippen LogP contribution in [0.15, 0.2) is 18.2 Å². The van der Waals surface area contributed by atoms with Crippen LogP contribution in [0.1, 0.15) is 20.3 Å².